The summed E-state index contributed by atoms with van der Waals surface area (Å²) >= 11 is 0. The summed E-state index contributed by atoms with van der Waals surface area (Å²) in [5.74, 6) is 0.903. The quantitative estimate of drug-likeness (QED) is 0.799. The minimum absolute atomic E-state index is 0.0557. The predicted octanol–water partition coefficient (Wildman–Crippen LogP) is 3.45. The Bertz CT molecular complexity index is 784. The molecule has 0 radical (unpaired) electrons. The van der Waals surface area contributed by atoms with Gasteiger partial charge in [0.15, 0.2) is 0 Å². The highest BCUT2D eigenvalue weighted by molar-refractivity contribution is 5.82. The predicted molar refractivity (Wildman–Crippen MR) is 95.3 cm³/mol. The molecule has 0 bridgehead atoms. The van der Waals surface area contributed by atoms with E-state index in [1.54, 1.807) is 0 Å². The van der Waals surface area contributed by atoms with Crippen LogP contribution in [-0.4, -0.2) is 42.3 Å². The van der Waals surface area contributed by atoms with Crippen LogP contribution in [0.4, 0.5) is 0 Å². The van der Waals surface area contributed by atoms with Gasteiger partial charge in [-0.1, -0.05) is 36.4 Å². The van der Waals surface area contributed by atoms with Gasteiger partial charge in [-0.2, -0.15) is 0 Å². The molecule has 0 saturated carbocycles. The zero-order valence-electron chi connectivity index (χ0n) is 13.7. The first kappa shape index (κ1) is 15.2. The number of aromatic amines is 1. The Morgan fingerprint density at radius 2 is 1.92 bits per heavy atom. The normalized spacial score (nSPS) is 19.2. The average molecular weight is 322 g/mol. The molecule has 1 aromatic heterocycles. The summed E-state index contributed by atoms with van der Waals surface area (Å²) in [5.41, 5.74) is 2.52. The molecule has 0 amide bonds. The lowest BCUT2D eigenvalue weighted by Crippen LogP contribution is -2.35. The van der Waals surface area contributed by atoms with Gasteiger partial charge in [-0.15, -0.1) is 0 Å². The molecule has 3 aromatic rings. The van der Waals surface area contributed by atoms with E-state index in [4.69, 9.17) is 9.47 Å². The van der Waals surface area contributed by atoms with E-state index in [0.717, 1.165) is 32.0 Å². The number of aromatic nitrogens is 1. The maximum atomic E-state index is 6.10. The Morgan fingerprint density at radius 1 is 1.08 bits per heavy atom. The SMILES string of the molecule is c1ccc(OC2COCCN(Cc3c[nH]c4ccccc34)C2)cc1. The van der Waals surface area contributed by atoms with Crippen LogP contribution in [0.2, 0.25) is 0 Å². The zero-order chi connectivity index (χ0) is 16.2. The van der Waals surface area contributed by atoms with Crippen LogP contribution >= 0.6 is 0 Å². The van der Waals surface area contributed by atoms with E-state index in [0.29, 0.717) is 6.61 Å². The van der Waals surface area contributed by atoms with Crippen LogP contribution in [0.5, 0.6) is 5.75 Å². The molecule has 1 fully saturated rings. The first-order valence-corrected chi connectivity index (χ1v) is 8.45. The summed E-state index contributed by atoms with van der Waals surface area (Å²) in [6, 6.07) is 18.4. The molecule has 4 rings (SSSR count). The fraction of sp³-hybridized carbons (Fsp3) is 0.300. The van der Waals surface area contributed by atoms with Crippen LogP contribution in [0.25, 0.3) is 10.9 Å². The molecule has 2 aromatic carbocycles. The van der Waals surface area contributed by atoms with Gasteiger partial charge in [0.25, 0.3) is 0 Å². The number of ether oxygens (including phenoxy) is 2. The van der Waals surface area contributed by atoms with Gasteiger partial charge < -0.3 is 14.5 Å². The summed E-state index contributed by atoms with van der Waals surface area (Å²) in [5, 5.41) is 1.29. The second kappa shape index (κ2) is 7.07. The highest BCUT2D eigenvalue weighted by atomic mass is 16.5. The number of hydrogen-bond acceptors (Lipinski definition) is 3. The molecular weight excluding hydrogens is 300 g/mol. The molecular formula is C20H22N2O2. The summed E-state index contributed by atoms with van der Waals surface area (Å²) in [4.78, 5) is 5.77. The highest BCUT2D eigenvalue weighted by Gasteiger charge is 2.21. The van der Waals surface area contributed by atoms with Crippen LogP contribution in [0.3, 0.4) is 0 Å². The van der Waals surface area contributed by atoms with Crippen LogP contribution in [0.15, 0.2) is 60.8 Å². The minimum Gasteiger partial charge on any atom is -0.487 e. The number of fused-ring (bicyclic) bond motifs is 1. The molecule has 4 nitrogen and oxygen atoms in total. The molecule has 1 unspecified atom stereocenters. The van der Waals surface area contributed by atoms with Crippen LogP contribution in [0.1, 0.15) is 5.56 Å². The third-order valence-electron chi connectivity index (χ3n) is 4.43. The van der Waals surface area contributed by atoms with Crippen molar-refractivity contribution in [3.05, 3.63) is 66.4 Å². The maximum Gasteiger partial charge on any atom is 0.135 e. The lowest BCUT2D eigenvalue weighted by Gasteiger charge is -2.23. The van der Waals surface area contributed by atoms with E-state index >= 15 is 0 Å². The van der Waals surface area contributed by atoms with Crippen LogP contribution in [0, 0.1) is 0 Å². The fourth-order valence-corrected chi connectivity index (χ4v) is 3.25. The van der Waals surface area contributed by atoms with Gasteiger partial charge >= 0.3 is 0 Å². The first-order valence-electron chi connectivity index (χ1n) is 8.45. The van der Waals surface area contributed by atoms with E-state index in [9.17, 15) is 0 Å². The zero-order valence-corrected chi connectivity index (χ0v) is 13.7. The first-order chi connectivity index (χ1) is 11.9. The van der Waals surface area contributed by atoms with Crippen molar-refractivity contribution in [2.45, 2.75) is 12.6 Å². The molecule has 2 heterocycles. The molecule has 1 aliphatic heterocycles. The fourth-order valence-electron chi connectivity index (χ4n) is 3.25. The molecule has 1 saturated heterocycles. The molecule has 124 valence electrons. The molecule has 0 aliphatic carbocycles. The Morgan fingerprint density at radius 3 is 2.83 bits per heavy atom. The summed E-state index contributed by atoms with van der Waals surface area (Å²) < 4.78 is 11.8. The van der Waals surface area contributed by atoms with Crippen LogP contribution < -0.4 is 4.74 Å². The van der Waals surface area contributed by atoms with E-state index in [1.807, 2.05) is 30.3 Å². The Labute approximate surface area is 142 Å². The van der Waals surface area contributed by atoms with Gasteiger partial charge in [0.1, 0.15) is 11.9 Å². The molecule has 0 spiro atoms. The largest absolute Gasteiger partial charge is 0.487 e. The van der Waals surface area contributed by atoms with Gasteiger partial charge in [-0.3, -0.25) is 4.90 Å². The third-order valence-corrected chi connectivity index (χ3v) is 4.43. The number of benzene rings is 2. The van der Waals surface area contributed by atoms with Gasteiger partial charge in [-0.05, 0) is 23.8 Å². The minimum atomic E-state index is 0.0557. The summed E-state index contributed by atoms with van der Waals surface area (Å²) in [7, 11) is 0. The number of rotatable bonds is 4. The molecule has 1 atom stereocenters. The summed E-state index contributed by atoms with van der Waals surface area (Å²) in [6.45, 7) is 4.08. The molecule has 1 N–H and O–H groups in total. The number of hydrogen-bond donors (Lipinski definition) is 1. The number of nitrogens with one attached hydrogen (secondary N) is 1. The van der Waals surface area contributed by atoms with Crippen molar-refractivity contribution in [1.82, 2.24) is 9.88 Å². The van der Waals surface area contributed by atoms with Crippen molar-refractivity contribution in [2.75, 3.05) is 26.3 Å². The van der Waals surface area contributed by atoms with Gasteiger partial charge in [0.05, 0.1) is 13.2 Å². The van der Waals surface area contributed by atoms with Crippen molar-refractivity contribution in [2.24, 2.45) is 0 Å². The maximum absolute atomic E-state index is 6.10. The van der Waals surface area contributed by atoms with Crippen molar-refractivity contribution >= 4 is 10.9 Å². The molecule has 1 aliphatic rings. The molecule has 4 heteroatoms. The monoisotopic (exact) mass is 322 g/mol. The average Bonchev–Trinajstić information content (AvgIpc) is 2.89. The topological polar surface area (TPSA) is 37.5 Å². The van der Waals surface area contributed by atoms with Crippen molar-refractivity contribution in [3.8, 4) is 5.75 Å². The van der Waals surface area contributed by atoms with E-state index in [-0.39, 0.29) is 6.10 Å². The third kappa shape index (κ3) is 3.45. The Hall–Kier alpha value is -2.30. The second-order valence-electron chi connectivity index (χ2n) is 6.22. The van der Waals surface area contributed by atoms with Crippen LogP contribution in [-0.2, 0) is 11.3 Å². The lowest BCUT2D eigenvalue weighted by atomic mass is 10.1. The standard InChI is InChI=1S/C20H22N2O2/c1-2-6-17(7-3-1)24-18-14-22(10-11-23-15-18)13-16-12-21-20-9-5-4-8-19(16)20/h1-9,12,18,21H,10-11,13-15H2. The van der Waals surface area contributed by atoms with Gasteiger partial charge in [0.2, 0.25) is 0 Å². The Kier molecular flexibility index (Phi) is 4.49. The van der Waals surface area contributed by atoms with Crippen molar-refractivity contribution < 1.29 is 9.47 Å². The van der Waals surface area contributed by atoms with E-state index in [2.05, 4.69) is 40.3 Å². The van der Waals surface area contributed by atoms with E-state index < -0.39 is 0 Å². The van der Waals surface area contributed by atoms with Crippen molar-refractivity contribution in [1.29, 1.82) is 0 Å². The highest BCUT2D eigenvalue weighted by Crippen LogP contribution is 2.20. The second-order valence-corrected chi connectivity index (χ2v) is 6.22. The number of nitrogens with zero attached hydrogens (tertiary/aromatic N) is 1. The van der Waals surface area contributed by atoms with Crippen molar-refractivity contribution in [3.63, 3.8) is 0 Å². The Balaban J connectivity index is 1.46. The molecule has 24 heavy (non-hydrogen) atoms. The lowest BCUT2D eigenvalue weighted by molar-refractivity contribution is 0.0710. The number of para-hydroxylation sites is 2. The van der Waals surface area contributed by atoms with Gasteiger partial charge in [-0.25, -0.2) is 0 Å². The van der Waals surface area contributed by atoms with Gasteiger partial charge in [0, 0.05) is 36.7 Å². The summed E-state index contributed by atoms with van der Waals surface area (Å²) in [6.07, 6.45) is 2.17. The number of H-pyrrole nitrogens is 1. The van der Waals surface area contributed by atoms with E-state index in [1.165, 1.54) is 16.5 Å². The smallest absolute Gasteiger partial charge is 0.135 e.